The van der Waals surface area contributed by atoms with Gasteiger partial charge in [0, 0.05) is 26.2 Å². The van der Waals surface area contributed by atoms with E-state index in [1.54, 1.807) is 24.3 Å². The maximum Gasteiger partial charge on any atom is 0.236 e. The number of carbonyl (C=O) groups excluding carboxylic acids is 1. The molecule has 3 nitrogen and oxygen atoms in total. The van der Waals surface area contributed by atoms with Gasteiger partial charge < -0.3 is 9.47 Å². The Morgan fingerprint density at radius 2 is 1.89 bits per heavy atom. The van der Waals surface area contributed by atoms with Crippen LogP contribution in [0.15, 0.2) is 43.5 Å². The average molecular weight is 246 g/mol. The summed E-state index contributed by atoms with van der Waals surface area (Å²) in [5, 5.41) is 0. The lowest BCUT2D eigenvalue weighted by atomic mass is 9.96. The quantitative estimate of drug-likeness (QED) is 0.421. The maximum atomic E-state index is 12.6. The second kappa shape index (κ2) is 6.28. The lowest BCUT2D eigenvalue weighted by molar-refractivity contribution is -0.166. The standard InChI is InChI=1S/C15H18O3/c1-5-11-15(17-3,18-4)14(16)13-10-8-7-9-12(13)6-2/h5-10H,1-2,11H2,3-4H3. The number of ketones is 1. The summed E-state index contributed by atoms with van der Waals surface area (Å²) in [6.45, 7) is 7.33. The van der Waals surface area contributed by atoms with Gasteiger partial charge in [-0.3, -0.25) is 4.79 Å². The summed E-state index contributed by atoms with van der Waals surface area (Å²) < 4.78 is 10.5. The zero-order valence-electron chi connectivity index (χ0n) is 10.8. The van der Waals surface area contributed by atoms with Crippen LogP contribution in [-0.4, -0.2) is 25.8 Å². The molecular formula is C15H18O3. The molecule has 1 aromatic rings. The Kier molecular flexibility index (Phi) is 5.01. The number of benzene rings is 1. The second-order valence-corrected chi connectivity index (χ2v) is 3.77. The summed E-state index contributed by atoms with van der Waals surface area (Å²) in [7, 11) is 2.89. The van der Waals surface area contributed by atoms with Gasteiger partial charge in [-0.2, -0.15) is 0 Å². The summed E-state index contributed by atoms with van der Waals surface area (Å²) in [5.74, 6) is -1.55. The molecule has 0 atom stereocenters. The largest absolute Gasteiger partial charge is 0.346 e. The predicted molar refractivity (Wildman–Crippen MR) is 72.4 cm³/mol. The molecule has 0 saturated carbocycles. The SMILES string of the molecule is C=CCC(OC)(OC)C(=O)c1ccccc1C=C. The fourth-order valence-corrected chi connectivity index (χ4v) is 1.81. The number of rotatable bonds is 7. The van der Waals surface area contributed by atoms with Gasteiger partial charge in [-0.1, -0.05) is 43.0 Å². The molecule has 0 spiro atoms. The number of Topliss-reactive ketones (excluding diaryl/α,β-unsaturated/α-hetero) is 1. The first-order valence-corrected chi connectivity index (χ1v) is 5.62. The van der Waals surface area contributed by atoms with E-state index in [-0.39, 0.29) is 12.2 Å². The van der Waals surface area contributed by atoms with Gasteiger partial charge in [-0.05, 0) is 5.56 Å². The summed E-state index contributed by atoms with van der Waals surface area (Å²) in [5.41, 5.74) is 1.28. The van der Waals surface area contributed by atoms with E-state index in [1.807, 2.05) is 12.1 Å². The summed E-state index contributed by atoms with van der Waals surface area (Å²) in [6.07, 6.45) is 3.52. The van der Waals surface area contributed by atoms with E-state index < -0.39 is 5.79 Å². The van der Waals surface area contributed by atoms with Crippen LogP contribution in [0.1, 0.15) is 22.3 Å². The predicted octanol–water partition coefficient (Wildman–Crippen LogP) is 3.08. The molecule has 96 valence electrons. The molecule has 0 saturated heterocycles. The van der Waals surface area contributed by atoms with Crippen LogP contribution in [-0.2, 0) is 9.47 Å². The minimum Gasteiger partial charge on any atom is -0.346 e. The molecule has 0 aliphatic carbocycles. The molecule has 0 fully saturated rings. The van der Waals surface area contributed by atoms with Crippen LogP contribution < -0.4 is 0 Å². The molecule has 0 unspecified atom stereocenters. The molecule has 0 aliphatic rings. The van der Waals surface area contributed by atoms with Gasteiger partial charge in [0.05, 0.1) is 0 Å². The van der Waals surface area contributed by atoms with Crippen LogP contribution in [0.5, 0.6) is 0 Å². The van der Waals surface area contributed by atoms with Crippen LogP contribution >= 0.6 is 0 Å². The van der Waals surface area contributed by atoms with Gasteiger partial charge in [-0.15, -0.1) is 6.58 Å². The van der Waals surface area contributed by atoms with Crippen molar-refractivity contribution in [3.05, 3.63) is 54.6 Å². The number of hydrogen-bond acceptors (Lipinski definition) is 3. The molecule has 0 bridgehead atoms. The molecule has 0 heterocycles. The molecular weight excluding hydrogens is 228 g/mol. The van der Waals surface area contributed by atoms with Crippen molar-refractivity contribution in [1.29, 1.82) is 0 Å². The van der Waals surface area contributed by atoms with E-state index in [0.717, 1.165) is 5.56 Å². The van der Waals surface area contributed by atoms with Gasteiger partial charge >= 0.3 is 0 Å². The fraction of sp³-hybridized carbons (Fsp3) is 0.267. The van der Waals surface area contributed by atoms with E-state index >= 15 is 0 Å². The number of methoxy groups -OCH3 is 2. The van der Waals surface area contributed by atoms with Crippen LogP contribution in [0.3, 0.4) is 0 Å². The summed E-state index contributed by atoms with van der Waals surface area (Å²) in [4.78, 5) is 12.6. The smallest absolute Gasteiger partial charge is 0.236 e. The molecule has 1 aromatic carbocycles. The molecule has 0 aromatic heterocycles. The highest BCUT2D eigenvalue weighted by molar-refractivity contribution is 6.04. The Labute approximate surface area is 108 Å². The fourth-order valence-electron chi connectivity index (χ4n) is 1.81. The first-order chi connectivity index (χ1) is 8.65. The molecule has 3 heteroatoms. The van der Waals surface area contributed by atoms with Crippen molar-refractivity contribution in [2.75, 3.05) is 14.2 Å². The highest BCUT2D eigenvalue weighted by atomic mass is 16.7. The Balaban J connectivity index is 3.25. The van der Waals surface area contributed by atoms with E-state index in [0.29, 0.717) is 5.56 Å². The van der Waals surface area contributed by atoms with Crippen molar-refractivity contribution in [3.8, 4) is 0 Å². The van der Waals surface area contributed by atoms with Gasteiger partial charge in [-0.25, -0.2) is 0 Å². The molecule has 0 radical (unpaired) electrons. The summed E-state index contributed by atoms with van der Waals surface area (Å²) >= 11 is 0. The van der Waals surface area contributed by atoms with Gasteiger partial charge in [0.25, 0.3) is 0 Å². The normalized spacial score (nSPS) is 11.0. The third-order valence-corrected chi connectivity index (χ3v) is 2.84. The van der Waals surface area contributed by atoms with E-state index in [4.69, 9.17) is 9.47 Å². The molecule has 0 N–H and O–H groups in total. The topological polar surface area (TPSA) is 35.5 Å². The summed E-state index contributed by atoms with van der Waals surface area (Å²) in [6, 6.07) is 7.20. The van der Waals surface area contributed by atoms with Crippen molar-refractivity contribution in [2.24, 2.45) is 0 Å². The van der Waals surface area contributed by atoms with Crippen molar-refractivity contribution in [3.63, 3.8) is 0 Å². The van der Waals surface area contributed by atoms with Crippen molar-refractivity contribution >= 4 is 11.9 Å². The highest BCUT2D eigenvalue weighted by Crippen LogP contribution is 2.25. The lowest BCUT2D eigenvalue weighted by Gasteiger charge is -2.28. The first kappa shape index (κ1) is 14.4. The minimum absolute atomic E-state index is 0.233. The third kappa shape index (κ3) is 2.58. The lowest BCUT2D eigenvalue weighted by Crippen LogP contribution is -2.42. The Bertz CT molecular complexity index is 445. The van der Waals surface area contributed by atoms with Gasteiger partial charge in [0.15, 0.2) is 0 Å². The molecule has 18 heavy (non-hydrogen) atoms. The van der Waals surface area contributed by atoms with Crippen LogP contribution in [0, 0.1) is 0 Å². The third-order valence-electron chi connectivity index (χ3n) is 2.84. The van der Waals surface area contributed by atoms with Gasteiger partial charge in [0.2, 0.25) is 11.6 Å². The number of carbonyl (C=O) groups is 1. The van der Waals surface area contributed by atoms with Crippen molar-refractivity contribution in [1.82, 2.24) is 0 Å². The second-order valence-electron chi connectivity index (χ2n) is 3.77. The monoisotopic (exact) mass is 246 g/mol. The average Bonchev–Trinajstić information content (AvgIpc) is 2.44. The minimum atomic E-state index is -1.32. The van der Waals surface area contributed by atoms with Gasteiger partial charge in [0.1, 0.15) is 0 Å². The van der Waals surface area contributed by atoms with Crippen LogP contribution in [0.4, 0.5) is 0 Å². The Morgan fingerprint density at radius 1 is 1.28 bits per heavy atom. The first-order valence-electron chi connectivity index (χ1n) is 5.62. The van der Waals surface area contributed by atoms with Crippen LogP contribution in [0.2, 0.25) is 0 Å². The number of ether oxygens (including phenoxy) is 2. The Morgan fingerprint density at radius 3 is 2.39 bits per heavy atom. The van der Waals surface area contributed by atoms with Crippen LogP contribution in [0.25, 0.3) is 6.08 Å². The van der Waals surface area contributed by atoms with Crippen molar-refractivity contribution in [2.45, 2.75) is 12.2 Å². The van der Waals surface area contributed by atoms with E-state index in [2.05, 4.69) is 13.2 Å². The van der Waals surface area contributed by atoms with E-state index in [9.17, 15) is 4.79 Å². The maximum absolute atomic E-state index is 12.6. The zero-order chi connectivity index (χ0) is 13.6. The Hall–Kier alpha value is -1.71. The molecule has 0 amide bonds. The number of hydrogen-bond donors (Lipinski definition) is 0. The van der Waals surface area contributed by atoms with Crippen molar-refractivity contribution < 1.29 is 14.3 Å². The molecule has 0 aliphatic heterocycles. The van der Waals surface area contributed by atoms with E-state index in [1.165, 1.54) is 14.2 Å². The zero-order valence-corrected chi connectivity index (χ0v) is 10.8. The highest BCUT2D eigenvalue weighted by Gasteiger charge is 2.38. The molecule has 1 rings (SSSR count).